The second-order valence-electron chi connectivity index (χ2n) is 3.46. The number of benzene rings is 1. The highest BCUT2D eigenvalue weighted by Crippen LogP contribution is 2.29. The summed E-state index contributed by atoms with van der Waals surface area (Å²) in [5.74, 6) is 0. The molecule has 0 bridgehead atoms. The molecule has 6 heteroatoms. The van der Waals surface area contributed by atoms with Gasteiger partial charge in [0.15, 0.2) is 0 Å². The third-order valence-corrected chi connectivity index (χ3v) is 2.73. The minimum Gasteiger partial charge on any atom is -0.324 e. The van der Waals surface area contributed by atoms with E-state index in [1.54, 1.807) is 18.2 Å². The first-order chi connectivity index (χ1) is 7.28. The van der Waals surface area contributed by atoms with Gasteiger partial charge in [0.05, 0.1) is 0 Å². The highest BCUT2D eigenvalue weighted by atomic mass is 79.9. The number of nitrogens with two attached hydrogens (primary N) is 1. The van der Waals surface area contributed by atoms with Crippen molar-refractivity contribution < 1.29 is 13.2 Å². The Morgan fingerprint density at radius 2 is 1.94 bits per heavy atom. The first-order valence-electron chi connectivity index (χ1n) is 4.56. The number of hydrogen-bond donors (Lipinski definition) is 1. The molecule has 0 aromatic heterocycles. The van der Waals surface area contributed by atoms with Gasteiger partial charge in [0.1, 0.15) is 0 Å². The Balaban J connectivity index is 2.69. The predicted molar refractivity (Wildman–Crippen MR) is 61.4 cm³/mol. The summed E-state index contributed by atoms with van der Waals surface area (Å²) in [6.07, 6.45) is -5.21. The van der Waals surface area contributed by atoms with Crippen molar-refractivity contribution in [3.05, 3.63) is 33.3 Å². The van der Waals surface area contributed by atoms with Gasteiger partial charge in [-0.1, -0.05) is 27.5 Å². The lowest BCUT2D eigenvalue weighted by Gasteiger charge is -2.14. The van der Waals surface area contributed by atoms with Crippen LogP contribution in [-0.2, 0) is 0 Å². The Hall–Kier alpha value is -0.260. The highest BCUT2D eigenvalue weighted by Gasteiger charge is 2.27. The van der Waals surface area contributed by atoms with E-state index in [0.717, 1.165) is 0 Å². The molecule has 1 nitrogen and oxygen atoms in total. The van der Waals surface area contributed by atoms with Crippen LogP contribution in [0.1, 0.15) is 24.4 Å². The lowest BCUT2D eigenvalue weighted by atomic mass is 10.0. The van der Waals surface area contributed by atoms with Gasteiger partial charge in [0.25, 0.3) is 0 Å². The van der Waals surface area contributed by atoms with Crippen molar-refractivity contribution in [3.8, 4) is 0 Å². The second kappa shape index (κ2) is 5.38. The maximum absolute atomic E-state index is 12.0. The lowest BCUT2D eigenvalue weighted by molar-refractivity contribution is -0.136. The fraction of sp³-hybridized carbons (Fsp3) is 0.400. The van der Waals surface area contributed by atoms with E-state index in [1.807, 2.05) is 0 Å². The van der Waals surface area contributed by atoms with Gasteiger partial charge in [-0.05, 0) is 30.2 Å². The molecule has 0 saturated carbocycles. The first-order valence-corrected chi connectivity index (χ1v) is 5.73. The van der Waals surface area contributed by atoms with Crippen molar-refractivity contribution in [2.45, 2.75) is 25.1 Å². The molecular formula is C10H10BrClF3N. The predicted octanol–water partition coefficient (Wildman–Crippen LogP) is 4.44. The Bertz CT molecular complexity index is 347. The Kier molecular flexibility index (Phi) is 4.64. The van der Waals surface area contributed by atoms with E-state index < -0.39 is 18.6 Å². The van der Waals surface area contributed by atoms with Gasteiger partial charge in [-0.15, -0.1) is 0 Å². The standard InChI is InChI=1S/C10H10BrClF3N/c11-7-3-6(4-8(12)5-7)9(16)1-2-10(13,14)15/h3-5,9H,1-2,16H2. The maximum Gasteiger partial charge on any atom is 0.389 e. The monoisotopic (exact) mass is 315 g/mol. The van der Waals surface area contributed by atoms with Crippen LogP contribution in [0, 0.1) is 0 Å². The summed E-state index contributed by atoms with van der Waals surface area (Å²) in [6, 6.07) is 4.25. The third-order valence-electron chi connectivity index (χ3n) is 2.05. The van der Waals surface area contributed by atoms with Gasteiger partial charge in [0, 0.05) is 22.0 Å². The van der Waals surface area contributed by atoms with Crippen molar-refractivity contribution in [2.75, 3.05) is 0 Å². The molecular weight excluding hydrogens is 306 g/mol. The van der Waals surface area contributed by atoms with Gasteiger partial charge >= 0.3 is 6.18 Å². The zero-order valence-corrected chi connectivity index (χ0v) is 10.5. The van der Waals surface area contributed by atoms with Crippen LogP contribution in [-0.4, -0.2) is 6.18 Å². The van der Waals surface area contributed by atoms with Crippen molar-refractivity contribution in [1.29, 1.82) is 0 Å². The topological polar surface area (TPSA) is 26.0 Å². The van der Waals surface area contributed by atoms with E-state index in [1.165, 1.54) is 0 Å². The summed E-state index contributed by atoms with van der Waals surface area (Å²) in [7, 11) is 0. The molecule has 90 valence electrons. The van der Waals surface area contributed by atoms with Gasteiger partial charge < -0.3 is 5.73 Å². The third kappa shape index (κ3) is 4.72. The van der Waals surface area contributed by atoms with Crippen LogP contribution in [0.2, 0.25) is 5.02 Å². The molecule has 0 radical (unpaired) electrons. The fourth-order valence-corrected chi connectivity index (χ4v) is 2.16. The molecule has 1 aromatic rings. The molecule has 1 aromatic carbocycles. The fourth-order valence-electron chi connectivity index (χ4n) is 1.28. The van der Waals surface area contributed by atoms with Gasteiger partial charge in [0.2, 0.25) is 0 Å². The average Bonchev–Trinajstić information content (AvgIpc) is 2.11. The van der Waals surface area contributed by atoms with E-state index in [4.69, 9.17) is 17.3 Å². The molecule has 1 rings (SSSR count). The summed E-state index contributed by atoms with van der Waals surface area (Å²) in [6.45, 7) is 0. The second-order valence-corrected chi connectivity index (χ2v) is 4.82. The molecule has 0 aliphatic rings. The van der Waals surface area contributed by atoms with E-state index in [0.29, 0.717) is 15.1 Å². The summed E-state index contributed by atoms with van der Waals surface area (Å²) in [5.41, 5.74) is 6.26. The first kappa shape index (κ1) is 13.8. The van der Waals surface area contributed by atoms with E-state index >= 15 is 0 Å². The zero-order chi connectivity index (χ0) is 12.3. The molecule has 16 heavy (non-hydrogen) atoms. The maximum atomic E-state index is 12.0. The molecule has 1 atom stereocenters. The molecule has 0 aliphatic heterocycles. The van der Waals surface area contributed by atoms with Crippen molar-refractivity contribution in [3.63, 3.8) is 0 Å². The summed E-state index contributed by atoms with van der Waals surface area (Å²) in [4.78, 5) is 0. The van der Waals surface area contributed by atoms with E-state index in [-0.39, 0.29) is 6.42 Å². The Morgan fingerprint density at radius 3 is 2.44 bits per heavy atom. The normalized spacial score (nSPS) is 13.9. The van der Waals surface area contributed by atoms with Crippen LogP contribution in [0.3, 0.4) is 0 Å². The average molecular weight is 317 g/mol. The number of alkyl halides is 3. The molecule has 0 aliphatic carbocycles. The Labute approximate surface area is 105 Å². The minimum absolute atomic E-state index is 0.143. The molecule has 0 spiro atoms. The number of halogens is 5. The molecule has 2 N–H and O–H groups in total. The van der Waals surface area contributed by atoms with Crippen molar-refractivity contribution in [2.24, 2.45) is 5.73 Å². The number of hydrogen-bond acceptors (Lipinski definition) is 1. The van der Waals surface area contributed by atoms with Crippen LogP contribution in [0.4, 0.5) is 13.2 Å². The van der Waals surface area contributed by atoms with Crippen LogP contribution < -0.4 is 5.73 Å². The Morgan fingerprint density at radius 1 is 1.31 bits per heavy atom. The summed E-state index contributed by atoms with van der Waals surface area (Å²) in [5, 5.41) is 0.451. The lowest BCUT2D eigenvalue weighted by Crippen LogP contribution is -2.15. The smallest absolute Gasteiger partial charge is 0.324 e. The van der Waals surface area contributed by atoms with Crippen LogP contribution >= 0.6 is 27.5 Å². The van der Waals surface area contributed by atoms with Crippen LogP contribution in [0.15, 0.2) is 22.7 Å². The number of rotatable bonds is 3. The zero-order valence-electron chi connectivity index (χ0n) is 8.19. The van der Waals surface area contributed by atoms with Crippen molar-refractivity contribution >= 4 is 27.5 Å². The molecule has 0 fully saturated rings. The minimum atomic E-state index is -4.17. The van der Waals surface area contributed by atoms with Gasteiger partial charge in [-0.2, -0.15) is 13.2 Å². The SMILES string of the molecule is NC(CCC(F)(F)F)c1cc(Cl)cc(Br)c1. The molecule has 0 amide bonds. The molecule has 1 unspecified atom stereocenters. The van der Waals surface area contributed by atoms with Gasteiger partial charge in [-0.3, -0.25) is 0 Å². The van der Waals surface area contributed by atoms with Gasteiger partial charge in [-0.25, -0.2) is 0 Å². The van der Waals surface area contributed by atoms with Crippen LogP contribution in [0.5, 0.6) is 0 Å². The van der Waals surface area contributed by atoms with Crippen LogP contribution in [0.25, 0.3) is 0 Å². The summed E-state index contributed by atoms with van der Waals surface area (Å²) < 4.78 is 36.7. The largest absolute Gasteiger partial charge is 0.389 e. The van der Waals surface area contributed by atoms with E-state index in [9.17, 15) is 13.2 Å². The highest BCUT2D eigenvalue weighted by molar-refractivity contribution is 9.10. The van der Waals surface area contributed by atoms with Crippen molar-refractivity contribution in [1.82, 2.24) is 0 Å². The summed E-state index contributed by atoms with van der Waals surface area (Å²) >= 11 is 8.99. The van der Waals surface area contributed by atoms with E-state index in [2.05, 4.69) is 15.9 Å². The molecule has 0 heterocycles. The quantitative estimate of drug-likeness (QED) is 0.876. The molecule has 0 saturated heterocycles.